The molecule has 0 spiro atoms. The van der Waals surface area contributed by atoms with E-state index in [0.29, 0.717) is 12.0 Å². The van der Waals surface area contributed by atoms with Gasteiger partial charge in [0.2, 0.25) is 0 Å². The molecule has 1 N–H and O–H groups in total. The van der Waals surface area contributed by atoms with Crippen LogP contribution in [0.3, 0.4) is 0 Å². The van der Waals surface area contributed by atoms with Crippen LogP contribution in [0.4, 0.5) is 0 Å². The largest absolute Gasteiger partial charge is 0.483 e. The lowest BCUT2D eigenvalue weighted by Gasteiger charge is -1.68. The highest BCUT2D eigenvalue weighted by molar-refractivity contribution is 5.69. The van der Waals surface area contributed by atoms with Gasteiger partial charge in [-0.2, -0.15) is 0 Å². The number of carbonyl (C=O) groups is 2. The molecular formula is C6H6O4. The van der Waals surface area contributed by atoms with Gasteiger partial charge >= 0.3 is 0 Å². The Hall–Kier alpha value is -1.58. The van der Waals surface area contributed by atoms with E-state index in [-0.39, 0.29) is 6.47 Å². The second kappa shape index (κ2) is 5.55. The minimum Gasteiger partial charge on any atom is -0.483 e. The maximum atomic E-state index is 9.77. The van der Waals surface area contributed by atoms with Gasteiger partial charge in [0.1, 0.15) is 0 Å². The maximum Gasteiger partial charge on any atom is 0.290 e. The summed E-state index contributed by atoms with van der Waals surface area (Å²) in [5.41, 5.74) is 0. The molecule has 4 heteroatoms. The standard InChI is InChI=1S/C5H4O2.CH2O2/c6-4-5-2-1-3-7-5;2-1-3/h1-4H;1H,(H,2,3). The van der Waals surface area contributed by atoms with Crippen molar-refractivity contribution in [2.75, 3.05) is 0 Å². The van der Waals surface area contributed by atoms with E-state index in [1.165, 1.54) is 6.26 Å². The summed E-state index contributed by atoms with van der Waals surface area (Å²) >= 11 is 0. The summed E-state index contributed by atoms with van der Waals surface area (Å²) in [6.07, 6.45) is 2.13. The molecule has 0 aliphatic rings. The first kappa shape index (κ1) is 8.42. The van der Waals surface area contributed by atoms with Crippen molar-refractivity contribution >= 4 is 12.8 Å². The lowest BCUT2D eigenvalue weighted by atomic mass is 10.5. The maximum absolute atomic E-state index is 9.77. The van der Waals surface area contributed by atoms with Gasteiger partial charge in [-0.1, -0.05) is 0 Å². The molecule has 54 valence electrons. The third-order valence-electron chi connectivity index (χ3n) is 0.659. The van der Waals surface area contributed by atoms with E-state index in [4.69, 9.17) is 9.90 Å². The molecule has 10 heavy (non-hydrogen) atoms. The van der Waals surface area contributed by atoms with E-state index in [1.807, 2.05) is 0 Å². The zero-order valence-corrected chi connectivity index (χ0v) is 5.06. The zero-order chi connectivity index (χ0) is 7.82. The molecule has 1 heterocycles. The summed E-state index contributed by atoms with van der Waals surface area (Å²) < 4.78 is 4.61. The smallest absolute Gasteiger partial charge is 0.290 e. The van der Waals surface area contributed by atoms with Crippen LogP contribution in [-0.4, -0.2) is 17.9 Å². The first-order chi connectivity index (χ1) is 4.85. The molecule has 4 nitrogen and oxygen atoms in total. The minimum atomic E-state index is -0.250. The molecule has 0 bridgehead atoms. The summed E-state index contributed by atoms with van der Waals surface area (Å²) in [6.45, 7) is -0.250. The van der Waals surface area contributed by atoms with Gasteiger partial charge in [0.05, 0.1) is 6.26 Å². The van der Waals surface area contributed by atoms with Crippen LogP contribution >= 0.6 is 0 Å². The second-order valence-corrected chi connectivity index (χ2v) is 1.24. The number of carboxylic acid groups (broad SMARTS) is 1. The third kappa shape index (κ3) is 3.43. The molecule has 0 atom stereocenters. The lowest BCUT2D eigenvalue weighted by Crippen LogP contribution is -1.65. The topological polar surface area (TPSA) is 67.5 Å². The van der Waals surface area contributed by atoms with Crippen molar-refractivity contribution in [3.8, 4) is 0 Å². The lowest BCUT2D eigenvalue weighted by molar-refractivity contribution is -0.122. The zero-order valence-electron chi connectivity index (χ0n) is 5.06. The molecule has 1 rings (SSSR count). The van der Waals surface area contributed by atoms with E-state index < -0.39 is 0 Å². The minimum absolute atomic E-state index is 0.250. The number of aldehydes is 1. The average Bonchev–Trinajstić information content (AvgIpc) is 2.39. The van der Waals surface area contributed by atoms with Gasteiger partial charge in [-0.25, -0.2) is 0 Å². The average molecular weight is 142 g/mol. The van der Waals surface area contributed by atoms with Crippen molar-refractivity contribution in [3.63, 3.8) is 0 Å². The van der Waals surface area contributed by atoms with E-state index >= 15 is 0 Å². The molecule has 0 fully saturated rings. The van der Waals surface area contributed by atoms with Crippen molar-refractivity contribution < 1.29 is 19.1 Å². The predicted octanol–water partition coefficient (Wildman–Crippen LogP) is 0.793. The fourth-order valence-electron chi connectivity index (χ4n) is 0.358. The number of hydrogen-bond donors (Lipinski definition) is 1. The number of carbonyl (C=O) groups excluding carboxylic acids is 1. The Labute approximate surface area is 57.1 Å². The molecule has 0 radical (unpaired) electrons. The number of furan rings is 1. The normalized spacial score (nSPS) is 7.20. The molecule has 1 aromatic rings. The highest BCUT2D eigenvalue weighted by Gasteiger charge is 1.84. The highest BCUT2D eigenvalue weighted by Crippen LogP contribution is 1.92. The summed E-state index contributed by atoms with van der Waals surface area (Å²) in [7, 11) is 0. The van der Waals surface area contributed by atoms with Gasteiger partial charge < -0.3 is 9.52 Å². The van der Waals surface area contributed by atoms with Gasteiger partial charge in [-0.15, -0.1) is 0 Å². The van der Waals surface area contributed by atoms with E-state index in [0.717, 1.165) is 0 Å². The van der Waals surface area contributed by atoms with Crippen molar-refractivity contribution in [1.82, 2.24) is 0 Å². The Kier molecular flexibility index (Phi) is 4.68. The molecule has 0 saturated heterocycles. The fourth-order valence-corrected chi connectivity index (χ4v) is 0.358. The molecule has 0 aliphatic heterocycles. The van der Waals surface area contributed by atoms with Crippen LogP contribution in [-0.2, 0) is 4.79 Å². The van der Waals surface area contributed by atoms with Crippen molar-refractivity contribution in [3.05, 3.63) is 24.2 Å². The van der Waals surface area contributed by atoms with E-state index in [1.54, 1.807) is 12.1 Å². The van der Waals surface area contributed by atoms with E-state index in [2.05, 4.69) is 4.42 Å². The van der Waals surface area contributed by atoms with Gasteiger partial charge in [0, 0.05) is 0 Å². The van der Waals surface area contributed by atoms with Crippen LogP contribution in [0.15, 0.2) is 22.8 Å². The third-order valence-corrected chi connectivity index (χ3v) is 0.659. The summed E-state index contributed by atoms with van der Waals surface area (Å²) in [5.74, 6) is 0.375. The van der Waals surface area contributed by atoms with Gasteiger partial charge in [0.25, 0.3) is 6.47 Å². The molecular weight excluding hydrogens is 136 g/mol. The van der Waals surface area contributed by atoms with Crippen molar-refractivity contribution in [2.24, 2.45) is 0 Å². The Morgan fingerprint density at radius 2 is 2.10 bits per heavy atom. The molecule has 0 aromatic carbocycles. The van der Waals surface area contributed by atoms with Crippen LogP contribution < -0.4 is 0 Å². The van der Waals surface area contributed by atoms with Crippen LogP contribution in [0.1, 0.15) is 10.6 Å². The Bertz CT molecular complexity index is 178. The summed E-state index contributed by atoms with van der Waals surface area (Å²) in [6, 6.07) is 3.27. The van der Waals surface area contributed by atoms with E-state index in [9.17, 15) is 4.79 Å². The second-order valence-electron chi connectivity index (χ2n) is 1.24. The van der Waals surface area contributed by atoms with Crippen molar-refractivity contribution in [2.45, 2.75) is 0 Å². The van der Waals surface area contributed by atoms with Crippen LogP contribution in [0.25, 0.3) is 0 Å². The number of hydrogen-bond acceptors (Lipinski definition) is 3. The molecule has 0 amide bonds. The Morgan fingerprint density at radius 1 is 1.50 bits per heavy atom. The quantitative estimate of drug-likeness (QED) is 0.588. The monoisotopic (exact) mass is 142 g/mol. The first-order valence-corrected chi connectivity index (χ1v) is 2.41. The molecule has 0 unspecified atom stereocenters. The molecule has 0 saturated carbocycles. The van der Waals surface area contributed by atoms with Crippen molar-refractivity contribution in [1.29, 1.82) is 0 Å². The predicted molar refractivity (Wildman–Crippen MR) is 32.8 cm³/mol. The first-order valence-electron chi connectivity index (χ1n) is 2.41. The highest BCUT2D eigenvalue weighted by atomic mass is 16.3. The molecule has 0 aliphatic carbocycles. The van der Waals surface area contributed by atoms with Crippen LogP contribution in [0.2, 0.25) is 0 Å². The summed E-state index contributed by atoms with van der Waals surface area (Å²) in [5, 5.41) is 6.89. The van der Waals surface area contributed by atoms with Crippen LogP contribution in [0.5, 0.6) is 0 Å². The van der Waals surface area contributed by atoms with Gasteiger partial charge in [-0.3, -0.25) is 9.59 Å². The fraction of sp³-hybridized carbons (Fsp3) is 0. The SMILES string of the molecule is O=CO.O=Cc1ccco1. The van der Waals surface area contributed by atoms with Gasteiger partial charge in [0.15, 0.2) is 12.0 Å². The molecule has 1 aromatic heterocycles. The van der Waals surface area contributed by atoms with Gasteiger partial charge in [-0.05, 0) is 12.1 Å². The number of rotatable bonds is 1. The van der Waals surface area contributed by atoms with Crippen LogP contribution in [0, 0.1) is 0 Å². The Balaban J connectivity index is 0.000000236. The Morgan fingerprint density at radius 3 is 2.30 bits per heavy atom. The summed E-state index contributed by atoms with van der Waals surface area (Å²) in [4.78, 5) is 18.1.